The van der Waals surface area contributed by atoms with E-state index in [1.54, 1.807) is 6.92 Å². The van der Waals surface area contributed by atoms with Crippen LogP contribution in [0.5, 0.6) is 5.75 Å². The van der Waals surface area contributed by atoms with Crippen molar-refractivity contribution in [2.75, 3.05) is 13.2 Å². The highest BCUT2D eigenvalue weighted by Gasteiger charge is 2.23. The van der Waals surface area contributed by atoms with Crippen molar-refractivity contribution in [3.05, 3.63) is 29.1 Å². The van der Waals surface area contributed by atoms with Gasteiger partial charge in [-0.3, -0.25) is 0 Å². The molecule has 1 aromatic carbocycles. The SMILES string of the molecule is Cc1cc(F)cc(C2OCCO2)c1O. The Morgan fingerprint density at radius 3 is 2.64 bits per heavy atom. The van der Waals surface area contributed by atoms with E-state index in [2.05, 4.69) is 0 Å². The molecule has 0 spiro atoms. The molecule has 1 N–H and O–H groups in total. The van der Waals surface area contributed by atoms with Crippen LogP contribution in [-0.4, -0.2) is 18.3 Å². The Hall–Kier alpha value is -1.13. The van der Waals surface area contributed by atoms with E-state index in [1.807, 2.05) is 0 Å². The van der Waals surface area contributed by atoms with Gasteiger partial charge in [0.1, 0.15) is 11.6 Å². The topological polar surface area (TPSA) is 38.7 Å². The van der Waals surface area contributed by atoms with Crippen LogP contribution in [0, 0.1) is 12.7 Å². The number of hydrogen-bond donors (Lipinski definition) is 1. The molecule has 76 valence electrons. The number of aryl methyl sites for hydroxylation is 1. The maximum atomic E-state index is 13.0. The van der Waals surface area contributed by atoms with Crippen molar-refractivity contribution in [2.45, 2.75) is 13.2 Å². The van der Waals surface area contributed by atoms with Gasteiger partial charge in [-0.05, 0) is 24.6 Å². The van der Waals surface area contributed by atoms with Crippen LogP contribution in [-0.2, 0) is 9.47 Å². The van der Waals surface area contributed by atoms with E-state index in [-0.39, 0.29) is 5.75 Å². The summed E-state index contributed by atoms with van der Waals surface area (Å²) in [6, 6.07) is 2.51. The van der Waals surface area contributed by atoms with Gasteiger partial charge in [0, 0.05) is 0 Å². The van der Waals surface area contributed by atoms with Crippen LogP contribution in [0.15, 0.2) is 12.1 Å². The fourth-order valence-electron chi connectivity index (χ4n) is 1.48. The van der Waals surface area contributed by atoms with Crippen molar-refractivity contribution in [3.63, 3.8) is 0 Å². The molecule has 0 bridgehead atoms. The summed E-state index contributed by atoms with van der Waals surface area (Å²) < 4.78 is 23.4. The number of benzene rings is 1. The third-order valence-electron chi connectivity index (χ3n) is 2.17. The number of phenolic OH excluding ortho intramolecular Hbond substituents is 1. The first-order chi connectivity index (χ1) is 6.68. The number of ether oxygens (including phenoxy) is 2. The van der Waals surface area contributed by atoms with Crippen LogP contribution in [0.3, 0.4) is 0 Å². The molecule has 1 aliphatic heterocycles. The molecule has 1 aromatic rings. The number of aromatic hydroxyl groups is 1. The average Bonchev–Trinajstić information content (AvgIpc) is 2.63. The van der Waals surface area contributed by atoms with Gasteiger partial charge in [0.05, 0.1) is 18.8 Å². The van der Waals surface area contributed by atoms with Gasteiger partial charge < -0.3 is 14.6 Å². The largest absolute Gasteiger partial charge is 0.507 e. The summed E-state index contributed by atoms with van der Waals surface area (Å²) in [7, 11) is 0. The normalized spacial score (nSPS) is 17.6. The number of hydrogen-bond acceptors (Lipinski definition) is 3. The van der Waals surface area contributed by atoms with Crippen molar-refractivity contribution in [3.8, 4) is 5.75 Å². The van der Waals surface area contributed by atoms with E-state index >= 15 is 0 Å². The van der Waals surface area contributed by atoms with Gasteiger partial charge in [0.2, 0.25) is 0 Å². The Bertz CT molecular complexity index is 345. The molecular weight excluding hydrogens is 187 g/mol. The van der Waals surface area contributed by atoms with E-state index in [0.29, 0.717) is 24.3 Å². The van der Waals surface area contributed by atoms with Crippen LogP contribution in [0.25, 0.3) is 0 Å². The summed E-state index contributed by atoms with van der Waals surface area (Å²) in [6.45, 7) is 2.58. The lowest BCUT2D eigenvalue weighted by Gasteiger charge is -2.12. The summed E-state index contributed by atoms with van der Waals surface area (Å²) in [5.74, 6) is -0.354. The lowest BCUT2D eigenvalue weighted by molar-refractivity contribution is -0.0457. The second kappa shape index (κ2) is 3.55. The molecule has 0 aliphatic carbocycles. The third kappa shape index (κ3) is 1.58. The van der Waals surface area contributed by atoms with Crippen molar-refractivity contribution >= 4 is 0 Å². The van der Waals surface area contributed by atoms with Gasteiger partial charge in [0.25, 0.3) is 0 Å². The lowest BCUT2D eigenvalue weighted by Crippen LogP contribution is -2.00. The second-order valence-corrected chi connectivity index (χ2v) is 3.23. The molecule has 0 amide bonds. The first-order valence-corrected chi connectivity index (χ1v) is 4.40. The van der Waals surface area contributed by atoms with Gasteiger partial charge in [-0.25, -0.2) is 4.39 Å². The summed E-state index contributed by atoms with van der Waals surface area (Å²) in [5, 5.41) is 9.66. The first kappa shape index (κ1) is 9.43. The number of rotatable bonds is 1. The van der Waals surface area contributed by atoms with E-state index in [1.165, 1.54) is 12.1 Å². The van der Waals surface area contributed by atoms with Crippen LogP contribution < -0.4 is 0 Å². The minimum atomic E-state index is -0.635. The van der Waals surface area contributed by atoms with E-state index < -0.39 is 12.1 Å². The number of halogens is 1. The highest BCUT2D eigenvalue weighted by Crippen LogP contribution is 2.33. The predicted octanol–water partition coefficient (Wildman–Crippen LogP) is 1.89. The van der Waals surface area contributed by atoms with E-state index in [0.717, 1.165) is 0 Å². The first-order valence-electron chi connectivity index (χ1n) is 4.40. The summed E-state index contributed by atoms with van der Waals surface area (Å²) >= 11 is 0. The summed E-state index contributed by atoms with van der Waals surface area (Å²) in [5.41, 5.74) is 0.846. The molecule has 1 saturated heterocycles. The van der Waals surface area contributed by atoms with Gasteiger partial charge in [0.15, 0.2) is 6.29 Å². The van der Waals surface area contributed by atoms with Crippen molar-refractivity contribution in [1.29, 1.82) is 0 Å². The standard InChI is InChI=1S/C10H11FO3/c1-6-4-7(11)5-8(9(6)12)10-13-2-3-14-10/h4-5,10,12H,2-3H2,1H3. The van der Waals surface area contributed by atoms with Crippen molar-refractivity contribution < 1.29 is 19.0 Å². The van der Waals surface area contributed by atoms with Crippen LogP contribution in [0.1, 0.15) is 17.4 Å². The Morgan fingerprint density at radius 2 is 2.00 bits per heavy atom. The molecule has 2 rings (SSSR count). The molecule has 14 heavy (non-hydrogen) atoms. The van der Waals surface area contributed by atoms with Crippen LogP contribution in [0.4, 0.5) is 4.39 Å². The predicted molar refractivity (Wildman–Crippen MR) is 47.4 cm³/mol. The maximum Gasteiger partial charge on any atom is 0.187 e. The maximum absolute atomic E-state index is 13.0. The van der Waals surface area contributed by atoms with Crippen molar-refractivity contribution in [2.24, 2.45) is 0 Å². The molecule has 1 heterocycles. The quantitative estimate of drug-likeness (QED) is 0.748. The molecule has 1 fully saturated rings. The third-order valence-corrected chi connectivity index (χ3v) is 2.17. The Balaban J connectivity index is 2.40. The smallest absolute Gasteiger partial charge is 0.187 e. The monoisotopic (exact) mass is 198 g/mol. The van der Waals surface area contributed by atoms with Gasteiger partial charge >= 0.3 is 0 Å². The highest BCUT2D eigenvalue weighted by molar-refractivity contribution is 5.40. The summed E-state index contributed by atoms with van der Waals surface area (Å²) in [4.78, 5) is 0. The highest BCUT2D eigenvalue weighted by atomic mass is 19.1. The zero-order valence-electron chi connectivity index (χ0n) is 7.79. The zero-order chi connectivity index (χ0) is 10.1. The molecule has 0 radical (unpaired) electrons. The van der Waals surface area contributed by atoms with Crippen LogP contribution >= 0.6 is 0 Å². The average molecular weight is 198 g/mol. The lowest BCUT2D eigenvalue weighted by atomic mass is 10.1. The fraction of sp³-hybridized carbons (Fsp3) is 0.400. The van der Waals surface area contributed by atoms with Crippen molar-refractivity contribution in [1.82, 2.24) is 0 Å². The molecule has 0 unspecified atom stereocenters. The Kier molecular flexibility index (Phi) is 2.39. The van der Waals surface area contributed by atoms with Gasteiger partial charge in [-0.15, -0.1) is 0 Å². The van der Waals surface area contributed by atoms with E-state index in [4.69, 9.17) is 9.47 Å². The molecule has 0 atom stereocenters. The minimum absolute atomic E-state index is 0.0401. The zero-order valence-corrected chi connectivity index (χ0v) is 7.79. The summed E-state index contributed by atoms with van der Waals surface area (Å²) in [6.07, 6.45) is -0.635. The van der Waals surface area contributed by atoms with Crippen LogP contribution in [0.2, 0.25) is 0 Å². The van der Waals surface area contributed by atoms with Gasteiger partial charge in [-0.1, -0.05) is 0 Å². The molecular formula is C10H11FO3. The Labute approximate surface area is 81.1 Å². The molecule has 0 saturated carbocycles. The van der Waals surface area contributed by atoms with E-state index in [9.17, 15) is 9.50 Å². The number of phenols is 1. The minimum Gasteiger partial charge on any atom is -0.507 e. The fourth-order valence-corrected chi connectivity index (χ4v) is 1.48. The molecule has 3 nitrogen and oxygen atoms in total. The van der Waals surface area contributed by atoms with Gasteiger partial charge in [-0.2, -0.15) is 0 Å². The molecule has 4 heteroatoms. The molecule has 1 aliphatic rings. The Morgan fingerprint density at radius 1 is 1.36 bits per heavy atom. The second-order valence-electron chi connectivity index (χ2n) is 3.23. The molecule has 0 aromatic heterocycles.